The number of nitrogens with zero attached hydrogens (tertiary/aromatic N) is 6. The van der Waals surface area contributed by atoms with E-state index in [1.807, 2.05) is 61.2 Å². The second kappa shape index (κ2) is 23.0. The highest BCUT2D eigenvalue weighted by Gasteiger charge is 2.55. The van der Waals surface area contributed by atoms with E-state index < -0.39 is 10.8 Å². The van der Waals surface area contributed by atoms with Gasteiger partial charge in [0.05, 0.1) is 56.4 Å². The van der Waals surface area contributed by atoms with E-state index in [0.29, 0.717) is 0 Å². The van der Waals surface area contributed by atoms with Crippen LogP contribution in [0.4, 0.5) is 34.1 Å². The number of aromatic nitrogens is 4. The zero-order chi connectivity index (χ0) is 69.0. The Kier molecular flexibility index (Phi) is 14.0. The molecule has 102 heavy (non-hydrogen) atoms. The SMILES string of the molecule is Brc1ccc2c(c1)C1(c3cc(Br)ccc3O2)c2cccnc2-c2ncccc21.CC1(C)c2ccccc2Cc2ccccc21.CC1(C)c2ccccc2N(c2ccc3c(c2)C2(c4cc(N5c6ccccc6C(C)(C)c6ccccc65)ccc4O3)c3cccnc3-c3ncccc32)c2ccccc21. The Balaban J connectivity index is 0.000000133. The maximum Gasteiger partial charge on any atom is 0.132 e. The van der Waals surface area contributed by atoms with E-state index in [9.17, 15) is 0 Å². The summed E-state index contributed by atoms with van der Waals surface area (Å²) in [5.74, 6) is 3.35. The van der Waals surface area contributed by atoms with E-state index in [4.69, 9.17) is 29.4 Å². The summed E-state index contributed by atoms with van der Waals surface area (Å²) >= 11 is 7.32. The Morgan fingerprint density at radius 3 is 0.873 bits per heavy atom. The van der Waals surface area contributed by atoms with Crippen molar-refractivity contribution in [3.05, 3.63) is 390 Å². The standard InChI is InChI=1S/C53H40N4O.C23H12Br2N2O.C16H16/c1-51(2)35-15-5-9-21-43(35)56(44-22-10-6-16-36(44)51)33-25-27-47-41(31-33)53(39-19-13-29-54-49(39)50-40(53)20-14-30-55-50)42-32-34(26-28-48(42)58-47)57-45-23-11-7-17-37(45)52(3,4)38-18-8-12-24-46(38)57;24-13-5-7-19-17(11-13)23(18-12-14(25)6-8-20(18)28-19)15-3-1-9-26-21(15)22-16(23)4-2-10-27-22;1-16(2)14-9-5-3-7-12(14)11-13-8-4-6-10-15(13)16/h5-32H,1-4H3;1-12H;3-10H,11H2,1-2H3. The highest BCUT2D eigenvalue weighted by molar-refractivity contribution is 9.10. The van der Waals surface area contributed by atoms with Crippen LogP contribution in [0, 0.1) is 0 Å². The molecule has 21 rings (SSSR count). The van der Waals surface area contributed by atoms with Crippen LogP contribution in [0.2, 0.25) is 0 Å². The van der Waals surface area contributed by atoms with E-state index in [-0.39, 0.29) is 16.2 Å². The molecule has 10 aromatic carbocycles. The zero-order valence-electron chi connectivity index (χ0n) is 57.2. The van der Waals surface area contributed by atoms with Crippen molar-refractivity contribution in [1.82, 2.24) is 19.9 Å². The number of para-hydroxylation sites is 4. The zero-order valence-corrected chi connectivity index (χ0v) is 60.3. The van der Waals surface area contributed by atoms with E-state index in [2.05, 4.69) is 314 Å². The summed E-state index contributed by atoms with van der Waals surface area (Å²) in [6.45, 7) is 14.0. The van der Waals surface area contributed by atoms with Crippen molar-refractivity contribution in [3.8, 4) is 45.8 Å². The lowest BCUT2D eigenvalue weighted by Crippen LogP contribution is -2.34. The molecule has 2 spiro atoms. The number of rotatable bonds is 2. The Morgan fingerprint density at radius 1 is 0.275 bits per heavy atom. The molecule has 492 valence electrons. The van der Waals surface area contributed by atoms with Crippen LogP contribution in [0.25, 0.3) is 22.8 Å². The number of fused-ring (bicyclic) bond motifs is 24. The highest BCUT2D eigenvalue weighted by atomic mass is 79.9. The molecule has 8 heterocycles. The Labute approximate surface area is 611 Å². The van der Waals surface area contributed by atoms with Gasteiger partial charge >= 0.3 is 0 Å². The van der Waals surface area contributed by atoms with Gasteiger partial charge in [-0.1, -0.05) is 219 Å². The summed E-state index contributed by atoms with van der Waals surface area (Å²) in [5.41, 5.74) is 28.9. The van der Waals surface area contributed by atoms with E-state index in [1.165, 1.54) is 67.3 Å². The van der Waals surface area contributed by atoms with Gasteiger partial charge in [-0.25, -0.2) is 0 Å². The van der Waals surface area contributed by atoms with Crippen LogP contribution < -0.4 is 19.3 Å². The molecule has 0 saturated carbocycles. The van der Waals surface area contributed by atoms with Gasteiger partial charge in [0.15, 0.2) is 0 Å². The van der Waals surface area contributed by atoms with Gasteiger partial charge in [-0.05, 0) is 195 Å². The largest absolute Gasteiger partial charge is 0.457 e. The van der Waals surface area contributed by atoms with Gasteiger partial charge in [0.2, 0.25) is 0 Å². The van der Waals surface area contributed by atoms with Crippen LogP contribution in [0.15, 0.2) is 301 Å². The van der Waals surface area contributed by atoms with Crippen molar-refractivity contribution < 1.29 is 9.47 Å². The average molecular weight is 1450 g/mol. The minimum Gasteiger partial charge on any atom is -0.457 e. The molecular weight excluding hydrogens is 1380 g/mol. The van der Waals surface area contributed by atoms with E-state index in [0.717, 1.165) is 117 Å². The second-order valence-electron chi connectivity index (χ2n) is 29.0. The number of ether oxygens (including phenoxy) is 2. The summed E-state index contributed by atoms with van der Waals surface area (Å²) < 4.78 is 15.4. The van der Waals surface area contributed by atoms with Crippen molar-refractivity contribution in [2.75, 3.05) is 9.80 Å². The summed E-state index contributed by atoms with van der Waals surface area (Å²) in [6.07, 6.45) is 8.52. The molecule has 4 aromatic heterocycles. The minimum atomic E-state index is -0.774. The van der Waals surface area contributed by atoms with Gasteiger partial charge in [-0.2, -0.15) is 0 Å². The predicted molar refractivity (Wildman–Crippen MR) is 416 cm³/mol. The first-order valence-corrected chi connectivity index (χ1v) is 36.5. The third kappa shape index (κ3) is 8.84. The first-order valence-electron chi connectivity index (χ1n) is 34.9. The quantitative estimate of drug-likeness (QED) is 0.169. The number of pyridine rings is 4. The Hall–Kier alpha value is -11.0. The number of anilines is 6. The minimum absolute atomic E-state index is 0.144. The highest BCUT2D eigenvalue weighted by Crippen LogP contribution is 2.65. The van der Waals surface area contributed by atoms with Crippen LogP contribution in [-0.2, 0) is 33.5 Å². The second-order valence-corrected chi connectivity index (χ2v) is 30.9. The van der Waals surface area contributed by atoms with E-state index >= 15 is 0 Å². The number of halogens is 2. The Bertz CT molecular complexity index is 5390. The molecule has 0 amide bonds. The van der Waals surface area contributed by atoms with Gasteiger partial charge in [0.25, 0.3) is 0 Å². The fraction of sp³-hybridized carbons (Fsp3) is 0.130. The molecule has 0 radical (unpaired) electrons. The third-order valence-corrected chi connectivity index (χ3v) is 23.7. The normalized spacial score (nSPS) is 15.9. The lowest BCUT2D eigenvalue weighted by molar-refractivity contribution is 0.435. The fourth-order valence-electron chi connectivity index (χ4n) is 18.2. The van der Waals surface area contributed by atoms with Gasteiger partial charge in [-0.3, -0.25) is 19.9 Å². The molecule has 0 fully saturated rings. The van der Waals surface area contributed by atoms with Crippen LogP contribution in [0.5, 0.6) is 23.0 Å². The maximum absolute atomic E-state index is 7.05. The molecule has 8 nitrogen and oxygen atoms in total. The number of hydrogen-bond donors (Lipinski definition) is 0. The van der Waals surface area contributed by atoms with Crippen molar-refractivity contribution in [2.24, 2.45) is 0 Å². The molecule has 0 unspecified atom stereocenters. The van der Waals surface area contributed by atoms with Crippen LogP contribution in [0.3, 0.4) is 0 Å². The molecule has 4 aliphatic heterocycles. The van der Waals surface area contributed by atoms with Gasteiger partial charge in [0, 0.05) is 83.6 Å². The summed E-state index contributed by atoms with van der Waals surface area (Å²) in [7, 11) is 0. The molecule has 0 atom stereocenters. The van der Waals surface area contributed by atoms with Gasteiger partial charge in [-0.15, -0.1) is 0 Å². The molecule has 3 aliphatic carbocycles. The molecule has 14 aromatic rings. The van der Waals surface area contributed by atoms with Gasteiger partial charge in [0.1, 0.15) is 23.0 Å². The summed E-state index contributed by atoms with van der Waals surface area (Å²) in [4.78, 5) is 24.4. The lowest BCUT2D eigenvalue weighted by Gasteiger charge is -2.44. The first-order chi connectivity index (χ1) is 49.7. The molecule has 0 saturated heterocycles. The molecule has 7 aliphatic rings. The average Bonchev–Trinajstić information content (AvgIpc) is 1.48. The number of hydrogen-bond acceptors (Lipinski definition) is 8. The van der Waals surface area contributed by atoms with Crippen LogP contribution >= 0.6 is 31.9 Å². The summed E-state index contributed by atoms with van der Waals surface area (Å²) in [6, 6.07) is 95.7. The van der Waals surface area contributed by atoms with Crippen molar-refractivity contribution in [2.45, 2.75) is 75.0 Å². The van der Waals surface area contributed by atoms with Crippen LogP contribution in [0.1, 0.15) is 131 Å². The lowest BCUT2D eigenvalue weighted by atomic mass is 9.66. The monoisotopic (exact) mass is 1450 g/mol. The van der Waals surface area contributed by atoms with E-state index in [1.54, 1.807) is 0 Å². The van der Waals surface area contributed by atoms with Crippen LogP contribution in [-0.4, -0.2) is 19.9 Å². The van der Waals surface area contributed by atoms with Crippen molar-refractivity contribution in [3.63, 3.8) is 0 Å². The topological polar surface area (TPSA) is 76.5 Å². The number of benzene rings is 10. The maximum atomic E-state index is 7.05. The van der Waals surface area contributed by atoms with Gasteiger partial charge < -0.3 is 19.3 Å². The smallest absolute Gasteiger partial charge is 0.132 e. The van der Waals surface area contributed by atoms with Crippen molar-refractivity contribution in [1.29, 1.82) is 0 Å². The predicted octanol–water partition coefficient (Wildman–Crippen LogP) is 23.6. The molecular formula is C92H68Br2N6O2. The molecule has 0 N–H and O–H groups in total. The fourth-order valence-corrected chi connectivity index (χ4v) is 18.9. The summed E-state index contributed by atoms with van der Waals surface area (Å²) in [5, 5.41) is 0. The Morgan fingerprint density at radius 2 is 0.539 bits per heavy atom. The third-order valence-electron chi connectivity index (χ3n) is 22.7. The first kappa shape index (κ1) is 62.0. The molecule has 10 heteroatoms. The van der Waals surface area contributed by atoms with Crippen molar-refractivity contribution >= 4 is 66.0 Å². The molecule has 0 bridgehead atoms.